The normalized spacial score (nSPS) is 11.1. The fraction of sp³-hybridized carbons (Fsp3) is 0.130. The first-order valence-electron chi connectivity index (χ1n) is 9.16. The first-order valence-corrected chi connectivity index (χ1v) is 9.16. The van der Waals surface area contributed by atoms with E-state index in [2.05, 4.69) is 10.6 Å². The highest BCUT2D eigenvalue weighted by molar-refractivity contribution is 6.05. The molecule has 154 valence electrons. The third-order valence-corrected chi connectivity index (χ3v) is 4.54. The Hall–Kier alpha value is -3.61. The van der Waals surface area contributed by atoms with Crippen LogP contribution in [0.4, 0.5) is 24.5 Å². The predicted octanol–water partition coefficient (Wildman–Crippen LogP) is 5.45. The minimum atomic E-state index is -4.41. The fourth-order valence-corrected chi connectivity index (χ4v) is 2.88. The molecule has 0 aliphatic carbocycles. The molecular weight excluding hydrogens is 393 g/mol. The largest absolute Gasteiger partial charge is 0.416 e. The lowest BCUT2D eigenvalue weighted by Crippen LogP contribution is -2.17. The second-order valence-electron chi connectivity index (χ2n) is 6.72. The van der Waals surface area contributed by atoms with Gasteiger partial charge in [-0.2, -0.15) is 13.2 Å². The van der Waals surface area contributed by atoms with E-state index in [4.69, 9.17) is 0 Å². The number of alkyl halides is 3. The molecule has 0 fully saturated rings. The molecule has 0 spiro atoms. The van der Waals surface area contributed by atoms with E-state index in [9.17, 15) is 22.8 Å². The first-order chi connectivity index (χ1) is 14.2. The number of anilines is 2. The van der Waals surface area contributed by atoms with Crippen molar-refractivity contribution in [2.45, 2.75) is 19.5 Å². The minimum Gasteiger partial charge on any atom is -0.325 e. The van der Waals surface area contributed by atoms with Gasteiger partial charge >= 0.3 is 6.18 Å². The van der Waals surface area contributed by atoms with Gasteiger partial charge in [-0.05, 0) is 54.4 Å². The SMILES string of the molecule is Cc1c(NC(=O)Cc2ccc(C(F)(F)F)cc2)cccc1NC(=O)c1ccccc1. The van der Waals surface area contributed by atoms with E-state index in [1.807, 2.05) is 6.07 Å². The second kappa shape index (κ2) is 8.82. The van der Waals surface area contributed by atoms with Crippen LogP contribution in [0.15, 0.2) is 72.8 Å². The lowest BCUT2D eigenvalue weighted by Gasteiger charge is -2.14. The Morgan fingerprint density at radius 2 is 1.40 bits per heavy atom. The first kappa shape index (κ1) is 21.1. The summed E-state index contributed by atoms with van der Waals surface area (Å²) in [5.74, 6) is -0.642. The Kier molecular flexibility index (Phi) is 6.20. The Balaban J connectivity index is 1.67. The van der Waals surface area contributed by atoms with Crippen LogP contribution >= 0.6 is 0 Å². The number of rotatable bonds is 5. The maximum absolute atomic E-state index is 12.6. The summed E-state index contributed by atoms with van der Waals surface area (Å²) in [6, 6.07) is 18.3. The molecule has 0 saturated heterocycles. The summed E-state index contributed by atoms with van der Waals surface area (Å²) >= 11 is 0. The summed E-state index contributed by atoms with van der Waals surface area (Å²) in [5, 5.41) is 5.56. The van der Waals surface area contributed by atoms with Gasteiger partial charge in [-0.15, -0.1) is 0 Å². The summed E-state index contributed by atoms with van der Waals surface area (Å²) in [6.07, 6.45) is -4.49. The zero-order valence-electron chi connectivity index (χ0n) is 16.1. The van der Waals surface area contributed by atoms with Crippen LogP contribution in [0.1, 0.15) is 27.0 Å². The van der Waals surface area contributed by atoms with Gasteiger partial charge in [-0.3, -0.25) is 9.59 Å². The summed E-state index contributed by atoms with van der Waals surface area (Å²) in [6.45, 7) is 1.76. The highest BCUT2D eigenvalue weighted by Gasteiger charge is 2.30. The lowest BCUT2D eigenvalue weighted by molar-refractivity contribution is -0.137. The van der Waals surface area contributed by atoms with Crippen LogP contribution in [-0.4, -0.2) is 11.8 Å². The van der Waals surface area contributed by atoms with Crippen LogP contribution in [0.3, 0.4) is 0 Å². The maximum atomic E-state index is 12.6. The Morgan fingerprint density at radius 1 is 0.800 bits per heavy atom. The molecule has 0 aliphatic heterocycles. The number of benzene rings is 3. The van der Waals surface area contributed by atoms with Gasteiger partial charge in [-0.25, -0.2) is 0 Å². The van der Waals surface area contributed by atoms with E-state index in [1.54, 1.807) is 49.4 Å². The van der Waals surface area contributed by atoms with E-state index in [-0.39, 0.29) is 18.2 Å². The van der Waals surface area contributed by atoms with Crippen molar-refractivity contribution >= 4 is 23.2 Å². The molecule has 3 aromatic rings. The summed E-state index contributed by atoms with van der Waals surface area (Å²) in [7, 11) is 0. The third-order valence-electron chi connectivity index (χ3n) is 4.54. The van der Waals surface area contributed by atoms with Crippen molar-refractivity contribution in [2.75, 3.05) is 10.6 Å². The molecule has 0 saturated carbocycles. The molecule has 2 amide bonds. The summed E-state index contributed by atoms with van der Waals surface area (Å²) in [5.41, 5.74) is 1.95. The standard InChI is InChI=1S/C23H19F3N2O2/c1-15-19(8-5-9-20(15)28-22(30)17-6-3-2-4-7-17)27-21(29)14-16-10-12-18(13-11-16)23(24,25)26/h2-13H,14H2,1H3,(H,27,29)(H,28,30). The molecule has 30 heavy (non-hydrogen) atoms. The van der Waals surface area contributed by atoms with Crippen molar-refractivity contribution in [1.82, 2.24) is 0 Å². The van der Waals surface area contributed by atoms with Gasteiger partial charge in [0.25, 0.3) is 5.91 Å². The third kappa shape index (κ3) is 5.26. The molecule has 3 rings (SSSR count). The van der Waals surface area contributed by atoms with Crippen LogP contribution < -0.4 is 10.6 Å². The van der Waals surface area contributed by atoms with Crippen LogP contribution in [0.25, 0.3) is 0 Å². The molecule has 0 unspecified atom stereocenters. The fourth-order valence-electron chi connectivity index (χ4n) is 2.88. The number of hydrogen-bond acceptors (Lipinski definition) is 2. The van der Waals surface area contributed by atoms with Gasteiger partial charge in [0.05, 0.1) is 12.0 Å². The molecule has 7 heteroatoms. The molecule has 0 aliphatic rings. The number of hydrogen-bond donors (Lipinski definition) is 2. The Morgan fingerprint density at radius 3 is 2.00 bits per heavy atom. The van der Waals surface area contributed by atoms with Gasteiger partial charge in [0.2, 0.25) is 5.91 Å². The maximum Gasteiger partial charge on any atom is 0.416 e. The van der Waals surface area contributed by atoms with Gasteiger partial charge in [0, 0.05) is 16.9 Å². The molecule has 0 atom stereocenters. The summed E-state index contributed by atoms with van der Waals surface area (Å²) < 4.78 is 37.9. The number of carbonyl (C=O) groups excluding carboxylic acids is 2. The minimum absolute atomic E-state index is 0.0713. The molecule has 0 aromatic heterocycles. The molecule has 0 heterocycles. The number of nitrogens with one attached hydrogen (secondary N) is 2. The highest BCUT2D eigenvalue weighted by Crippen LogP contribution is 2.29. The van der Waals surface area contributed by atoms with Gasteiger partial charge < -0.3 is 10.6 Å². The smallest absolute Gasteiger partial charge is 0.325 e. The quantitative estimate of drug-likeness (QED) is 0.586. The Bertz CT molecular complexity index is 1050. The average Bonchev–Trinajstić information content (AvgIpc) is 2.71. The molecule has 3 aromatic carbocycles. The molecular formula is C23H19F3N2O2. The van der Waals surface area contributed by atoms with Crippen LogP contribution in [0.5, 0.6) is 0 Å². The van der Waals surface area contributed by atoms with E-state index in [0.29, 0.717) is 28.1 Å². The van der Waals surface area contributed by atoms with Crippen molar-refractivity contribution in [3.05, 3.63) is 95.1 Å². The second-order valence-corrected chi connectivity index (χ2v) is 6.72. The van der Waals surface area contributed by atoms with Crippen molar-refractivity contribution in [3.8, 4) is 0 Å². The topological polar surface area (TPSA) is 58.2 Å². The van der Waals surface area contributed by atoms with Gasteiger partial charge in [0.15, 0.2) is 0 Å². The zero-order chi connectivity index (χ0) is 21.7. The van der Waals surface area contributed by atoms with E-state index in [0.717, 1.165) is 12.1 Å². The zero-order valence-corrected chi connectivity index (χ0v) is 16.1. The van der Waals surface area contributed by atoms with Crippen molar-refractivity contribution in [1.29, 1.82) is 0 Å². The molecule has 2 N–H and O–H groups in total. The number of amides is 2. The molecule has 0 bridgehead atoms. The van der Waals surface area contributed by atoms with E-state index < -0.39 is 11.7 Å². The molecule has 0 radical (unpaired) electrons. The molecule has 4 nitrogen and oxygen atoms in total. The van der Waals surface area contributed by atoms with Crippen LogP contribution in [0, 0.1) is 6.92 Å². The van der Waals surface area contributed by atoms with Crippen molar-refractivity contribution < 1.29 is 22.8 Å². The number of halogens is 3. The predicted molar refractivity (Wildman–Crippen MR) is 109 cm³/mol. The van der Waals surface area contributed by atoms with Gasteiger partial charge in [-0.1, -0.05) is 36.4 Å². The van der Waals surface area contributed by atoms with Gasteiger partial charge in [0.1, 0.15) is 0 Å². The van der Waals surface area contributed by atoms with Crippen LogP contribution in [0.2, 0.25) is 0 Å². The lowest BCUT2D eigenvalue weighted by atomic mass is 10.1. The van der Waals surface area contributed by atoms with E-state index in [1.165, 1.54) is 12.1 Å². The average molecular weight is 412 g/mol. The monoisotopic (exact) mass is 412 g/mol. The van der Waals surface area contributed by atoms with Crippen molar-refractivity contribution in [2.24, 2.45) is 0 Å². The van der Waals surface area contributed by atoms with E-state index >= 15 is 0 Å². The van der Waals surface area contributed by atoms with Crippen LogP contribution in [-0.2, 0) is 17.4 Å². The highest BCUT2D eigenvalue weighted by atomic mass is 19.4. The summed E-state index contributed by atoms with van der Waals surface area (Å²) in [4.78, 5) is 24.7. The van der Waals surface area contributed by atoms with Crippen molar-refractivity contribution in [3.63, 3.8) is 0 Å². The Labute approximate surface area is 171 Å². The number of carbonyl (C=O) groups is 2.